The molecule has 88 valence electrons. The van der Waals surface area contributed by atoms with Gasteiger partial charge in [-0.2, -0.15) is 0 Å². The van der Waals surface area contributed by atoms with E-state index in [-0.39, 0.29) is 5.91 Å². The Morgan fingerprint density at radius 3 is 2.60 bits per heavy atom. The van der Waals surface area contributed by atoms with Crippen LogP contribution in [0.4, 0.5) is 0 Å². The molecule has 0 saturated heterocycles. The van der Waals surface area contributed by atoms with E-state index in [1.54, 1.807) is 6.92 Å². The molecule has 1 aliphatic rings. The number of carbonyl (C=O) groups is 1. The monoisotopic (exact) mass is 212 g/mol. The summed E-state index contributed by atoms with van der Waals surface area (Å²) in [7, 11) is 0. The van der Waals surface area contributed by atoms with Crippen molar-refractivity contribution in [3.8, 4) is 0 Å². The Morgan fingerprint density at radius 2 is 2.00 bits per heavy atom. The largest absolute Gasteiger partial charge is 0.355 e. The molecule has 15 heavy (non-hydrogen) atoms. The van der Waals surface area contributed by atoms with Gasteiger partial charge in [0, 0.05) is 26.1 Å². The van der Waals surface area contributed by atoms with E-state index in [0.29, 0.717) is 6.04 Å². The van der Waals surface area contributed by atoms with E-state index >= 15 is 0 Å². The molecule has 3 heteroatoms. The Hall–Kier alpha value is -0.570. The Kier molecular flexibility index (Phi) is 5.09. The lowest BCUT2D eigenvalue weighted by Crippen LogP contribution is -2.42. The first kappa shape index (κ1) is 12.5. The van der Waals surface area contributed by atoms with Crippen LogP contribution in [0, 0.1) is 11.8 Å². The average molecular weight is 212 g/mol. The smallest absolute Gasteiger partial charge is 0.216 e. The van der Waals surface area contributed by atoms with Crippen LogP contribution in [0.15, 0.2) is 0 Å². The molecule has 0 aliphatic heterocycles. The topological polar surface area (TPSA) is 41.1 Å². The van der Waals surface area contributed by atoms with Crippen LogP contribution in [0.5, 0.6) is 0 Å². The van der Waals surface area contributed by atoms with Crippen LogP contribution >= 0.6 is 0 Å². The molecule has 1 aliphatic carbocycles. The van der Waals surface area contributed by atoms with E-state index in [9.17, 15) is 4.79 Å². The molecule has 0 heterocycles. The third-order valence-electron chi connectivity index (χ3n) is 3.34. The zero-order valence-electron chi connectivity index (χ0n) is 10.2. The van der Waals surface area contributed by atoms with Crippen LogP contribution in [0.3, 0.4) is 0 Å². The van der Waals surface area contributed by atoms with E-state index in [1.165, 1.54) is 19.3 Å². The SMILES string of the molecule is CC(=O)NCCNC1CCC(C)CC1C. The zero-order valence-corrected chi connectivity index (χ0v) is 10.2. The fraction of sp³-hybridized carbons (Fsp3) is 0.917. The molecule has 0 aromatic rings. The van der Waals surface area contributed by atoms with Crippen molar-refractivity contribution in [1.82, 2.24) is 10.6 Å². The summed E-state index contributed by atoms with van der Waals surface area (Å²) in [6.07, 6.45) is 3.95. The maximum atomic E-state index is 10.7. The Labute approximate surface area is 93.0 Å². The summed E-state index contributed by atoms with van der Waals surface area (Å²) in [6.45, 7) is 7.86. The van der Waals surface area contributed by atoms with Gasteiger partial charge in [0.25, 0.3) is 0 Å². The lowest BCUT2D eigenvalue weighted by molar-refractivity contribution is -0.118. The van der Waals surface area contributed by atoms with Crippen molar-refractivity contribution in [3.63, 3.8) is 0 Å². The van der Waals surface area contributed by atoms with Crippen LogP contribution in [0.1, 0.15) is 40.0 Å². The highest BCUT2D eigenvalue weighted by molar-refractivity contribution is 5.72. The molecular weight excluding hydrogens is 188 g/mol. The zero-order chi connectivity index (χ0) is 11.3. The standard InChI is InChI=1S/C12H24N2O/c1-9-4-5-12(10(2)8-9)14-7-6-13-11(3)15/h9-10,12,14H,4-8H2,1-3H3,(H,13,15). The van der Waals surface area contributed by atoms with E-state index in [1.807, 2.05) is 0 Å². The van der Waals surface area contributed by atoms with E-state index in [0.717, 1.165) is 24.9 Å². The second kappa shape index (κ2) is 6.11. The molecule has 0 spiro atoms. The minimum atomic E-state index is 0.0575. The van der Waals surface area contributed by atoms with Crippen molar-refractivity contribution in [3.05, 3.63) is 0 Å². The van der Waals surface area contributed by atoms with Crippen LogP contribution in [-0.2, 0) is 4.79 Å². The first-order valence-corrected chi connectivity index (χ1v) is 6.07. The number of amides is 1. The second-order valence-corrected chi connectivity index (χ2v) is 4.94. The molecule has 3 unspecified atom stereocenters. The minimum absolute atomic E-state index is 0.0575. The molecule has 0 aromatic carbocycles. The first-order chi connectivity index (χ1) is 7.09. The van der Waals surface area contributed by atoms with Crippen molar-refractivity contribution in [2.75, 3.05) is 13.1 Å². The molecule has 3 atom stereocenters. The molecule has 1 amide bonds. The number of rotatable bonds is 4. The number of carbonyl (C=O) groups excluding carboxylic acids is 1. The van der Waals surface area contributed by atoms with Crippen LogP contribution in [0.2, 0.25) is 0 Å². The number of nitrogens with one attached hydrogen (secondary N) is 2. The molecule has 0 aromatic heterocycles. The normalized spacial score (nSPS) is 31.3. The van der Waals surface area contributed by atoms with Gasteiger partial charge in [0.05, 0.1) is 0 Å². The minimum Gasteiger partial charge on any atom is -0.355 e. The fourth-order valence-electron chi connectivity index (χ4n) is 2.46. The summed E-state index contributed by atoms with van der Waals surface area (Å²) in [5.74, 6) is 1.71. The van der Waals surface area contributed by atoms with Crippen molar-refractivity contribution in [2.45, 2.75) is 46.1 Å². The van der Waals surface area contributed by atoms with Gasteiger partial charge in [-0.05, 0) is 31.1 Å². The first-order valence-electron chi connectivity index (χ1n) is 6.07. The van der Waals surface area contributed by atoms with E-state index < -0.39 is 0 Å². The molecule has 1 rings (SSSR count). The molecule has 1 fully saturated rings. The fourth-order valence-corrected chi connectivity index (χ4v) is 2.46. The quantitative estimate of drug-likeness (QED) is 0.694. The molecule has 0 bridgehead atoms. The predicted octanol–water partition coefficient (Wildman–Crippen LogP) is 1.54. The van der Waals surface area contributed by atoms with Crippen molar-refractivity contribution in [1.29, 1.82) is 0 Å². The maximum Gasteiger partial charge on any atom is 0.216 e. The van der Waals surface area contributed by atoms with Gasteiger partial charge in [0.15, 0.2) is 0 Å². The highest BCUT2D eigenvalue weighted by Gasteiger charge is 2.24. The Balaban J connectivity index is 2.13. The van der Waals surface area contributed by atoms with Crippen molar-refractivity contribution >= 4 is 5.91 Å². The molecule has 3 nitrogen and oxygen atoms in total. The van der Waals surface area contributed by atoms with Crippen molar-refractivity contribution < 1.29 is 4.79 Å². The third kappa shape index (κ3) is 4.65. The summed E-state index contributed by atoms with van der Waals surface area (Å²) < 4.78 is 0. The van der Waals surface area contributed by atoms with Gasteiger partial charge in [0.1, 0.15) is 0 Å². The van der Waals surface area contributed by atoms with Gasteiger partial charge < -0.3 is 10.6 Å². The van der Waals surface area contributed by atoms with Gasteiger partial charge in [-0.3, -0.25) is 4.79 Å². The summed E-state index contributed by atoms with van der Waals surface area (Å²) in [6, 6.07) is 0.648. The molecule has 0 radical (unpaired) electrons. The Morgan fingerprint density at radius 1 is 1.27 bits per heavy atom. The highest BCUT2D eigenvalue weighted by Crippen LogP contribution is 2.28. The van der Waals surface area contributed by atoms with Gasteiger partial charge >= 0.3 is 0 Å². The number of hydrogen-bond donors (Lipinski definition) is 2. The van der Waals surface area contributed by atoms with Crippen LogP contribution < -0.4 is 10.6 Å². The van der Waals surface area contributed by atoms with Crippen molar-refractivity contribution in [2.24, 2.45) is 11.8 Å². The predicted molar refractivity (Wildman–Crippen MR) is 62.7 cm³/mol. The molecule has 2 N–H and O–H groups in total. The lowest BCUT2D eigenvalue weighted by Gasteiger charge is -2.33. The summed E-state index contributed by atoms with van der Waals surface area (Å²) in [4.78, 5) is 10.7. The van der Waals surface area contributed by atoms with E-state index in [2.05, 4.69) is 24.5 Å². The highest BCUT2D eigenvalue weighted by atomic mass is 16.1. The second-order valence-electron chi connectivity index (χ2n) is 4.94. The third-order valence-corrected chi connectivity index (χ3v) is 3.34. The molecular formula is C12H24N2O. The van der Waals surface area contributed by atoms with Gasteiger partial charge in [-0.15, -0.1) is 0 Å². The lowest BCUT2D eigenvalue weighted by atomic mass is 9.80. The summed E-state index contributed by atoms with van der Waals surface area (Å²) >= 11 is 0. The van der Waals surface area contributed by atoms with E-state index in [4.69, 9.17) is 0 Å². The van der Waals surface area contributed by atoms with Gasteiger partial charge in [-0.25, -0.2) is 0 Å². The summed E-state index contributed by atoms with van der Waals surface area (Å²) in [5, 5.41) is 6.34. The van der Waals surface area contributed by atoms with Gasteiger partial charge in [0.2, 0.25) is 5.91 Å². The van der Waals surface area contributed by atoms with Crippen LogP contribution in [-0.4, -0.2) is 25.0 Å². The average Bonchev–Trinajstić information content (AvgIpc) is 2.14. The number of hydrogen-bond acceptors (Lipinski definition) is 2. The van der Waals surface area contributed by atoms with Gasteiger partial charge in [-0.1, -0.05) is 13.8 Å². The maximum absolute atomic E-state index is 10.7. The Bertz CT molecular complexity index is 206. The molecule has 1 saturated carbocycles. The van der Waals surface area contributed by atoms with Crippen LogP contribution in [0.25, 0.3) is 0 Å². The summed E-state index contributed by atoms with van der Waals surface area (Å²) in [5.41, 5.74) is 0.